The number of primary amides is 1. The second-order valence-corrected chi connectivity index (χ2v) is 17.7. The zero-order valence-corrected chi connectivity index (χ0v) is 38.4. The fourth-order valence-electron chi connectivity index (χ4n) is 7.63. The second kappa shape index (κ2) is 24.7. The van der Waals surface area contributed by atoms with Gasteiger partial charge in [-0.2, -0.15) is 0 Å². The first kappa shape index (κ1) is 52.1. The Morgan fingerprint density at radius 1 is 0.864 bits per heavy atom. The van der Waals surface area contributed by atoms with E-state index in [1.165, 1.54) is 12.2 Å². The molecule has 2 heterocycles. The van der Waals surface area contributed by atoms with Crippen LogP contribution in [0.15, 0.2) is 66.9 Å². The Bertz CT molecular complexity index is 2190. The van der Waals surface area contributed by atoms with Gasteiger partial charge < -0.3 is 42.2 Å². The van der Waals surface area contributed by atoms with Gasteiger partial charge in [-0.3, -0.25) is 33.7 Å². The van der Waals surface area contributed by atoms with E-state index < -0.39 is 77.3 Å². The summed E-state index contributed by atoms with van der Waals surface area (Å²) in [4.78, 5) is 97.8. The van der Waals surface area contributed by atoms with Crippen LogP contribution in [0, 0.1) is 23.0 Å². The number of imidazole rings is 1. The van der Waals surface area contributed by atoms with Crippen LogP contribution in [-0.4, -0.2) is 106 Å². The minimum absolute atomic E-state index is 0.0280. The van der Waals surface area contributed by atoms with Crippen molar-refractivity contribution in [2.24, 2.45) is 22.8 Å². The molecule has 3 unspecified atom stereocenters. The average Bonchev–Trinajstić information content (AvgIpc) is 3.81. The number of nitrogens with zero attached hydrogens (tertiary/aromatic N) is 4. The highest BCUT2D eigenvalue weighted by molar-refractivity contribution is 6.12. The fraction of sp³-hybridized carbons (Fsp3) is 0.489. The number of unbranched alkanes of at least 4 members (excludes halogenated alkanes) is 2. The van der Waals surface area contributed by atoms with E-state index in [4.69, 9.17) is 16.5 Å². The first-order valence-electron chi connectivity index (χ1n) is 22.3. The van der Waals surface area contributed by atoms with Crippen LogP contribution < -0.4 is 32.7 Å². The summed E-state index contributed by atoms with van der Waals surface area (Å²) in [7, 11) is 0. The first-order chi connectivity index (χ1) is 31.3. The van der Waals surface area contributed by atoms with Crippen molar-refractivity contribution in [1.82, 2.24) is 40.6 Å². The SMILES string of the molecule is CC(C)C(NC(=O)CCCCCN1C(=O)C=CC1=O)C(=O)NC(CCCNC(N)=O)C(=O)NCC(=O)N(CCCN)C(c1nc(-c2cc(F)ccc2F)cn1Cc1ccccc1)C(C)(C)C. The summed E-state index contributed by atoms with van der Waals surface area (Å²) < 4.78 is 31.5. The van der Waals surface area contributed by atoms with Crippen LogP contribution in [0.2, 0.25) is 0 Å². The molecule has 1 aliphatic heterocycles. The summed E-state index contributed by atoms with van der Waals surface area (Å²) >= 11 is 0. The molecular formula is C47H64F2N10O7. The lowest BCUT2D eigenvalue weighted by molar-refractivity contribution is -0.138. The van der Waals surface area contributed by atoms with Crippen LogP contribution in [0.25, 0.3) is 11.3 Å². The molecule has 1 aliphatic rings. The molecule has 17 nitrogen and oxygen atoms in total. The molecule has 0 fully saturated rings. The molecule has 0 saturated carbocycles. The maximum Gasteiger partial charge on any atom is 0.312 e. The van der Waals surface area contributed by atoms with Gasteiger partial charge in [-0.25, -0.2) is 18.6 Å². The third-order valence-electron chi connectivity index (χ3n) is 11.0. The van der Waals surface area contributed by atoms with E-state index in [0.717, 1.165) is 28.7 Å². The molecule has 8 amide bonds. The number of urea groups is 1. The molecule has 8 N–H and O–H groups in total. The molecule has 2 aromatic carbocycles. The van der Waals surface area contributed by atoms with E-state index in [0.29, 0.717) is 31.5 Å². The molecule has 66 heavy (non-hydrogen) atoms. The van der Waals surface area contributed by atoms with Gasteiger partial charge in [0.2, 0.25) is 23.6 Å². The predicted octanol–water partition coefficient (Wildman–Crippen LogP) is 3.82. The Balaban J connectivity index is 1.53. The lowest BCUT2D eigenvalue weighted by Gasteiger charge is -2.40. The molecule has 0 spiro atoms. The minimum Gasteiger partial charge on any atom is -0.352 e. The van der Waals surface area contributed by atoms with Crippen molar-refractivity contribution in [3.05, 3.63) is 89.9 Å². The summed E-state index contributed by atoms with van der Waals surface area (Å²) in [5.41, 5.74) is 11.5. The Hall–Kier alpha value is -6.50. The highest BCUT2D eigenvalue weighted by atomic mass is 19.1. The highest BCUT2D eigenvalue weighted by Crippen LogP contribution is 2.39. The van der Waals surface area contributed by atoms with E-state index in [2.05, 4.69) is 21.3 Å². The summed E-state index contributed by atoms with van der Waals surface area (Å²) in [6, 6.07) is 8.78. The largest absolute Gasteiger partial charge is 0.352 e. The number of imide groups is 1. The third-order valence-corrected chi connectivity index (χ3v) is 11.0. The normalized spacial score (nSPS) is 13.9. The number of hydrogen-bond acceptors (Lipinski definition) is 9. The number of benzene rings is 2. The fourth-order valence-corrected chi connectivity index (χ4v) is 7.63. The van der Waals surface area contributed by atoms with Crippen molar-refractivity contribution in [1.29, 1.82) is 0 Å². The smallest absolute Gasteiger partial charge is 0.312 e. The van der Waals surface area contributed by atoms with Gasteiger partial charge in [-0.15, -0.1) is 0 Å². The van der Waals surface area contributed by atoms with Crippen molar-refractivity contribution >= 4 is 41.5 Å². The number of hydrogen-bond donors (Lipinski definition) is 6. The summed E-state index contributed by atoms with van der Waals surface area (Å²) in [5.74, 6) is -4.32. The standard InChI is InChI=1S/C47H64F2N10O7/c1-30(2)41(56-37(60)17-10-7-11-24-58-38(61)20-21-39(58)62)45(65)55-35(16-12-23-52-46(51)66)44(64)53-27-40(63)59(25-13-22-50)42(47(3,4)5)43-54-36(33-26-32(48)18-19-34(33)49)29-57(43)28-31-14-8-6-9-15-31/h6,8-9,14-15,18-21,26,29-30,35,41-42H,7,10-13,16-17,22-25,27-28,50H2,1-5H3,(H,53,64)(H,55,65)(H,56,60)(H3,51,52,66). The third kappa shape index (κ3) is 15.3. The quantitative estimate of drug-likeness (QED) is 0.0534. The molecular weight excluding hydrogens is 855 g/mol. The first-order valence-corrected chi connectivity index (χ1v) is 22.3. The van der Waals surface area contributed by atoms with Crippen LogP contribution in [0.1, 0.15) is 97.0 Å². The molecule has 1 aromatic heterocycles. The van der Waals surface area contributed by atoms with Crippen molar-refractivity contribution in [2.45, 2.75) is 104 Å². The van der Waals surface area contributed by atoms with Gasteiger partial charge in [0.1, 0.15) is 29.5 Å². The number of carbonyl (C=O) groups excluding carboxylic acids is 7. The van der Waals surface area contributed by atoms with Gasteiger partial charge in [0.05, 0.1) is 18.3 Å². The second-order valence-electron chi connectivity index (χ2n) is 17.7. The minimum atomic E-state index is -1.20. The zero-order valence-electron chi connectivity index (χ0n) is 38.4. The zero-order chi connectivity index (χ0) is 48.6. The Morgan fingerprint density at radius 2 is 1.56 bits per heavy atom. The van der Waals surface area contributed by atoms with Crippen molar-refractivity contribution in [3.63, 3.8) is 0 Å². The number of nitrogens with one attached hydrogen (secondary N) is 4. The number of carbonyl (C=O) groups is 7. The molecule has 0 saturated heterocycles. The maximum absolute atomic E-state index is 15.2. The van der Waals surface area contributed by atoms with Crippen molar-refractivity contribution in [3.8, 4) is 11.3 Å². The van der Waals surface area contributed by atoms with Crippen LogP contribution in [0.5, 0.6) is 0 Å². The van der Waals surface area contributed by atoms with Crippen molar-refractivity contribution in [2.75, 3.05) is 32.7 Å². The van der Waals surface area contributed by atoms with E-state index in [-0.39, 0.29) is 75.1 Å². The van der Waals surface area contributed by atoms with E-state index in [9.17, 15) is 38.0 Å². The monoisotopic (exact) mass is 918 g/mol. The van der Waals surface area contributed by atoms with Crippen LogP contribution in [0.3, 0.4) is 0 Å². The Labute approximate surface area is 384 Å². The lowest BCUT2D eigenvalue weighted by Crippen LogP contribution is -2.56. The molecule has 358 valence electrons. The van der Waals surface area contributed by atoms with Crippen LogP contribution >= 0.6 is 0 Å². The van der Waals surface area contributed by atoms with E-state index >= 15 is 4.39 Å². The average molecular weight is 919 g/mol. The number of aromatic nitrogens is 2. The predicted molar refractivity (Wildman–Crippen MR) is 244 cm³/mol. The van der Waals surface area contributed by atoms with Gasteiger partial charge in [-0.05, 0) is 73.7 Å². The molecule has 0 bridgehead atoms. The Morgan fingerprint density at radius 3 is 2.20 bits per heavy atom. The van der Waals surface area contributed by atoms with Crippen molar-refractivity contribution < 1.29 is 42.3 Å². The van der Waals surface area contributed by atoms with Gasteiger partial charge in [0, 0.05) is 56.5 Å². The van der Waals surface area contributed by atoms with Gasteiger partial charge in [0.25, 0.3) is 11.8 Å². The van der Waals surface area contributed by atoms with Gasteiger partial charge in [-0.1, -0.05) is 71.4 Å². The maximum atomic E-state index is 15.2. The molecule has 3 aromatic rings. The summed E-state index contributed by atoms with van der Waals surface area (Å²) in [6.45, 7) is 9.70. The lowest BCUT2D eigenvalue weighted by atomic mass is 9.84. The number of halogens is 2. The summed E-state index contributed by atoms with van der Waals surface area (Å²) in [6.07, 6.45) is 6.24. The topological polar surface area (TPSA) is 244 Å². The number of rotatable bonds is 25. The van der Waals surface area contributed by atoms with Gasteiger partial charge in [0.15, 0.2) is 0 Å². The molecule has 19 heteroatoms. The number of amides is 8. The molecule has 0 aliphatic carbocycles. The summed E-state index contributed by atoms with van der Waals surface area (Å²) in [5, 5.41) is 10.6. The molecule has 3 atom stereocenters. The molecule has 0 radical (unpaired) electrons. The number of nitrogens with two attached hydrogens (primary N) is 2. The highest BCUT2D eigenvalue weighted by Gasteiger charge is 2.39. The van der Waals surface area contributed by atoms with Gasteiger partial charge >= 0.3 is 6.03 Å². The van der Waals surface area contributed by atoms with Crippen LogP contribution in [-0.2, 0) is 35.3 Å². The Kier molecular flexibility index (Phi) is 19.5. The van der Waals surface area contributed by atoms with Crippen LogP contribution in [0.4, 0.5) is 13.6 Å². The molecule has 4 rings (SSSR count). The van der Waals surface area contributed by atoms with E-state index in [1.807, 2.05) is 55.7 Å². The van der Waals surface area contributed by atoms with E-state index in [1.54, 1.807) is 24.9 Å².